The number of piperidine rings is 1. The highest BCUT2D eigenvalue weighted by Crippen LogP contribution is 2.24. The van der Waals surface area contributed by atoms with E-state index in [-0.39, 0.29) is 11.8 Å². The lowest BCUT2D eigenvalue weighted by Gasteiger charge is -2.31. The monoisotopic (exact) mass is 349 g/mol. The summed E-state index contributed by atoms with van der Waals surface area (Å²) in [5, 5.41) is 4.20. The molecule has 3 heterocycles. The molecular formula is C20H23N5O. The molecule has 2 N–H and O–H groups in total. The van der Waals surface area contributed by atoms with E-state index in [1.807, 2.05) is 50.4 Å². The lowest BCUT2D eigenvalue weighted by atomic mass is 9.96. The molecule has 134 valence electrons. The van der Waals surface area contributed by atoms with Crippen LogP contribution in [0.25, 0.3) is 10.9 Å². The second-order valence-electron chi connectivity index (χ2n) is 6.98. The number of nitrogens with zero attached hydrogens (tertiary/aromatic N) is 3. The molecule has 1 saturated heterocycles. The van der Waals surface area contributed by atoms with Crippen molar-refractivity contribution >= 4 is 28.4 Å². The number of benzene rings is 1. The molecular weight excluding hydrogens is 326 g/mol. The van der Waals surface area contributed by atoms with Crippen LogP contribution in [-0.4, -0.2) is 33.9 Å². The van der Waals surface area contributed by atoms with Crippen LogP contribution in [0.4, 0.5) is 11.6 Å². The molecule has 1 aliphatic rings. The number of anilines is 2. The molecule has 1 aromatic carbocycles. The van der Waals surface area contributed by atoms with Gasteiger partial charge in [0.1, 0.15) is 0 Å². The summed E-state index contributed by atoms with van der Waals surface area (Å²) in [6.45, 7) is 5.58. The van der Waals surface area contributed by atoms with Crippen LogP contribution in [0.1, 0.15) is 24.2 Å². The SMILES string of the molecule is Cc1cc(C)nc(N2CCC(C(=O)Nc3ccc4cc[nH]c4c3)CC2)n1. The summed E-state index contributed by atoms with van der Waals surface area (Å²) < 4.78 is 0. The maximum Gasteiger partial charge on any atom is 0.227 e. The highest BCUT2D eigenvalue weighted by atomic mass is 16.1. The van der Waals surface area contributed by atoms with E-state index in [0.717, 1.165) is 59.9 Å². The molecule has 0 radical (unpaired) electrons. The summed E-state index contributed by atoms with van der Waals surface area (Å²) in [5.41, 5.74) is 3.83. The molecule has 0 unspecified atom stereocenters. The van der Waals surface area contributed by atoms with Gasteiger partial charge in [-0.15, -0.1) is 0 Å². The lowest BCUT2D eigenvalue weighted by Crippen LogP contribution is -2.39. The van der Waals surface area contributed by atoms with Crippen molar-refractivity contribution in [3.63, 3.8) is 0 Å². The molecule has 0 saturated carbocycles. The first-order valence-electron chi connectivity index (χ1n) is 9.04. The number of hydrogen-bond acceptors (Lipinski definition) is 4. The maximum atomic E-state index is 12.6. The van der Waals surface area contributed by atoms with Gasteiger partial charge < -0.3 is 15.2 Å². The molecule has 1 aliphatic heterocycles. The molecule has 6 heteroatoms. The summed E-state index contributed by atoms with van der Waals surface area (Å²) in [4.78, 5) is 27.0. The molecule has 0 atom stereocenters. The van der Waals surface area contributed by atoms with Crippen molar-refractivity contribution in [2.75, 3.05) is 23.3 Å². The molecule has 26 heavy (non-hydrogen) atoms. The molecule has 1 amide bonds. The zero-order valence-corrected chi connectivity index (χ0v) is 15.1. The Morgan fingerprint density at radius 3 is 2.58 bits per heavy atom. The average Bonchev–Trinajstić information content (AvgIpc) is 3.09. The summed E-state index contributed by atoms with van der Waals surface area (Å²) in [7, 11) is 0. The minimum Gasteiger partial charge on any atom is -0.361 e. The first-order valence-corrected chi connectivity index (χ1v) is 9.04. The van der Waals surface area contributed by atoms with E-state index in [1.54, 1.807) is 0 Å². The van der Waals surface area contributed by atoms with Crippen molar-refractivity contribution in [1.29, 1.82) is 0 Å². The second kappa shape index (κ2) is 6.78. The highest BCUT2D eigenvalue weighted by Gasteiger charge is 2.26. The molecule has 0 aliphatic carbocycles. The minimum absolute atomic E-state index is 0.0245. The highest BCUT2D eigenvalue weighted by molar-refractivity contribution is 5.95. The van der Waals surface area contributed by atoms with E-state index in [1.165, 1.54) is 0 Å². The van der Waals surface area contributed by atoms with Crippen molar-refractivity contribution in [2.45, 2.75) is 26.7 Å². The van der Waals surface area contributed by atoms with Gasteiger partial charge in [-0.2, -0.15) is 0 Å². The van der Waals surface area contributed by atoms with Crippen molar-refractivity contribution in [3.8, 4) is 0 Å². The van der Waals surface area contributed by atoms with Crippen LogP contribution in [0.3, 0.4) is 0 Å². The Bertz CT molecular complexity index is 920. The van der Waals surface area contributed by atoms with Gasteiger partial charge >= 0.3 is 0 Å². The number of aromatic amines is 1. The fourth-order valence-corrected chi connectivity index (χ4v) is 3.56. The fourth-order valence-electron chi connectivity index (χ4n) is 3.56. The number of nitrogens with one attached hydrogen (secondary N) is 2. The average molecular weight is 349 g/mol. The van der Waals surface area contributed by atoms with Gasteiger partial charge in [0, 0.05) is 47.8 Å². The normalized spacial score (nSPS) is 15.4. The number of hydrogen-bond donors (Lipinski definition) is 2. The third kappa shape index (κ3) is 3.40. The number of carbonyl (C=O) groups excluding carboxylic acids is 1. The Labute approximate surface area is 152 Å². The van der Waals surface area contributed by atoms with Gasteiger partial charge in [-0.3, -0.25) is 4.79 Å². The smallest absolute Gasteiger partial charge is 0.227 e. The van der Waals surface area contributed by atoms with Gasteiger partial charge in [0.15, 0.2) is 0 Å². The van der Waals surface area contributed by atoms with Crippen LogP contribution in [0.5, 0.6) is 0 Å². The first kappa shape index (κ1) is 16.6. The number of amides is 1. The third-order valence-electron chi connectivity index (χ3n) is 4.94. The van der Waals surface area contributed by atoms with E-state index in [4.69, 9.17) is 0 Å². The molecule has 4 rings (SSSR count). The molecule has 0 spiro atoms. The van der Waals surface area contributed by atoms with Crippen LogP contribution in [-0.2, 0) is 4.79 Å². The van der Waals surface area contributed by atoms with E-state index >= 15 is 0 Å². The lowest BCUT2D eigenvalue weighted by molar-refractivity contribution is -0.120. The predicted octanol–water partition coefficient (Wildman–Crippen LogP) is 3.43. The van der Waals surface area contributed by atoms with Crippen LogP contribution in [0, 0.1) is 19.8 Å². The second-order valence-corrected chi connectivity index (χ2v) is 6.98. The Hall–Kier alpha value is -2.89. The maximum absolute atomic E-state index is 12.6. The van der Waals surface area contributed by atoms with Crippen LogP contribution < -0.4 is 10.2 Å². The fraction of sp³-hybridized carbons (Fsp3) is 0.350. The van der Waals surface area contributed by atoms with Crippen molar-refractivity contribution in [2.24, 2.45) is 5.92 Å². The van der Waals surface area contributed by atoms with Crippen LogP contribution >= 0.6 is 0 Å². The summed E-state index contributed by atoms with van der Waals surface area (Å²) in [6.07, 6.45) is 3.53. The number of carbonyl (C=O) groups is 1. The van der Waals surface area contributed by atoms with Crippen molar-refractivity contribution in [3.05, 3.63) is 47.9 Å². The number of rotatable bonds is 3. The van der Waals surface area contributed by atoms with Gasteiger partial charge in [0.05, 0.1) is 0 Å². The molecule has 3 aromatic rings. The number of aromatic nitrogens is 3. The molecule has 0 bridgehead atoms. The number of fused-ring (bicyclic) bond motifs is 1. The molecule has 6 nitrogen and oxygen atoms in total. The number of aryl methyl sites for hydroxylation is 2. The first-order chi connectivity index (χ1) is 12.6. The van der Waals surface area contributed by atoms with Gasteiger partial charge in [-0.1, -0.05) is 6.07 Å². The standard InChI is InChI=1S/C20H23N5O/c1-13-11-14(2)23-20(22-13)25-9-6-16(7-10-25)19(26)24-17-4-3-15-5-8-21-18(15)12-17/h3-5,8,11-12,16,21H,6-7,9-10H2,1-2H3,(H,24,26). The predicted molar refractivity (Wildman–Crippen MR) is 103 cm³/mol. The van der Waals surface area contributed by atoms with Crippen molar-refractivity contribution in [1.82, 2.24) is 15.0 Å². The topological polar surface area (TPSA) is 73.9 Å². The largest absolute Gasteiger partial charge is 0.361 e. The van der Waals surface area contributed by atoms with Gasteiger partial charge in [0.25, 0.3) is 0 Å². The van der Waals surface area contributed by atoms with E-state index in [0.29, 0.717) is 0 Å². The Morgan fingerprint density at radius 2 is 1.85 bits per heavy atom. The third-order valence-corrected chi connectivity index (χ3v) is 4.94. The van der Waals surface area contributed by atoms with E-state index in [2.05, 4.69) is 25.2 Å². The van der Waals surface area contributed by atoms with Crippen LogP contribution in [0.15, 0.2) is 36.5 Å². The van der Waals surface area contributed by atoms with Crippen molar-refractivity contribution < 1.29 is 4.79 Å². The number of H-pyrrole nitrogens is 1. The van der Waals surface area contributed by atoms with E-state index in [9.17, 15) is 4.79 Å². The van der Waals surface area contributed by atoms with Gasteiger partial charge in [-0.25, -0.2) is 9.97 Å². The van der Waals surface area contributed by atoms with Crippen LogP contribution in [0.2, 0.25) is 0 Å². The summed E-state index contributed by atoms with van der Waals surface area (Å²) in [6, 6.07) is 9.94. The minimum atomic E-state index is 0.0245. The van der Waals surface area contributed by atoms with Gasteiger partial charge in [-0.05, 0) is 56.3 Å². The van der Waals surface area contributed by atoms with E-state index < -0.39 is 0 Å². The zero-order chi connectivity index (χ0) is 18.1. The summed E-state index contributed by atoms with van der Waals surface area (Å²) in [5.74, 6) is 0.895. The Balaban J connectivity index is 1.38. The van der Waals surface area contributed by atoms with Gasteiger partial charge in [0.2, 0.25) is 11.9 Å². The summed E-state index contributed by atoms with van der Waals surface area (Å²) >= 11 is 0. The molecule has 2 aromatic heterocycles. The zero-order valence-electron chi connectivity index (χ0n) is 15.1. The Morgan fingerprint density at radius 1 is 1.12 bits per heavy atom. The molecule has 1 fully saturated rings. The Kier molecular flexibility index (Phi) is 4.32. The quantitative estimate of drug-likeness (QED) is 0.760.